The average molecular weight is 585 g/mol. The normalized spacial score (nSPS) is 28.4. The molecule has 228 valence electrons. The van der Waals surface area contributed by atoms with E-state index in [9.17, 15) is 0 Å². The summed E-state index contributed by atoms with van der Waals surface area (Å²) in [4.78, 5) is 0. The highest BCUT2D eigenvalue weighted by Gasteiger charge is 2.56. The van der Waals surface area contributed by atoms with Crippen molar-refractivity contribution >= 4 is 15.8 Å². The largest absolute Gasteiger partial charge is 0.0911 e. The van der Waals surface area contributed by atoms with Crippen molar-refractivity contribution in [2.45, 2.75) is 186 Å². The van der Waals surface area contributed by atoms with E-state index in [0.29, 0.717) is 20.6 Å². The fourth-order valence-electron chi connectivity index (χ4n) is 9.56. The molecular formula is C38H66P2. The molecule has 0 aliphatic heterocycles. The SMILES string of the molecule is CC(C)(C)c1cc(CP(C(C)(C)C)C(C)(C)C)c(CP(C(C)(C)C)C23CC4CC(CC(C4)C2)C3)cc1C(C)(C)C. The fourth-order valence-corrected chi connectivity index (χ4v) is 17.5. The van der Waals surface area contributed by atoms with Crippen molar-refractivity contribution in [3.8, 4) is 0 Å². The second-order valence-electron chi connectivity index (χ2n) is 19.5. The summed E-state index contributed by atoms with van der Waals surface area (Å²) in [6.45, 7) is 37.6. The highest BCUT2D eigenvalue weighted by atomic mass is 31.1. The third kappa shape index (κ3) is 6.90. The van der Waals surface area contributed by atoms with Gasteiger partial charge in [0.1, 0.15) is 0 Å². The van der Waals surface area contributed by atoms with Crippen LogP contribution in [0, 0.1) is 17.8 Å². The Hall–Kier alpha value is 0.0800. The predicted molar refractivity (Wildman–Crippen MR) is 185 cm³/mol. The molecule has 0 nitrogen and oxygen atoms in total. The van der Waals surface area contributed by atoms with Crippen LogP contribution in [0.25, 0.3) is 0 Å². The Morgan fingerprint density at radius 1 is 0.550 bits per heavy atom. The molecule has 0 spiro atoms. The maximum Gasteiger partial charge on any atom is -0.00604 e. The highest BCUT2D eigenvalue weighted by Crippen LogP contribution is 2.74. The molecule has 0 aromatic heterocycles. The monoisotopic (exact) mass is 584 g/mol. The second-order valence-corrected chi connectivity index (χ2v) is 26.8. The molecule has 1 unspecified atom stereocenters. The van der Waals surface area contributed by atoms with E-state index in [1.807, 2.05) is 0 Å². The molecule has 0 saturated heterocycles. The minimum Gasteiger partial charge on any atom is -0.0911 e. The molecule has 0 radical (unpaired) electrons. The van der Waals surface area contributed by atoms with E-state index in [2.05, 4.69) is 116 Å². The number of hydrogen-bond donors (Lipinski definition) is 0. The van der Waals surface area contributed by atoms with Gasteiger partial charge in [0.05, 0.1) is 0 Å². The molecule has 0 N–H and O–H groups in total. The van der Waals surface area contributed by atoms with Gasteiger partial charge in [0.25, 0.3) is 0 Å². The van der Waals surface area contributed by atoms with Gasteiger partial charge in [-0.25, -0.2) is 0 Å². The predicted octanol–water partition coefficient (Wildman–Crippen LogP) is 12.6. The summed E-state index contributed by atoms with van der Waals surface area (Å²) in [6, 6.07) is 5.49. The van der Waals surface area contributed by atoms with Gasteiger partial charge in [-0.15, -0.1) is 0 Å². The lowest BCUT2D eigenvalue weighted by atomic mass is 9.56. The van der Waals surface area contributed by atoms with Crippen LogP contribution in [-0.2, 0) is 23.2 Å². The van der Waals surface area contributed by atoms with Crippen LogP contribution < -0.4 is 0 Å². The maximum absolute atomic E-state index is 2.76. The zero-order valence-corrected chi connectivity index (χ0v) is 31.2. The first-order valence-electron chi connectivity index (χ1n) is 16.6. The lowest BCUT2D eigenvalue weighted by Crippen LogP contribution is -2.51. The highest BCUT2D eigenvalue weighted by molar-refractivity contribution is 7.60. The molecule has 1 aromatic carbocycles. The Morgan fingerprint density at radius 3 is 1.20 bits per heavy atom. The minimum absolute atomic E-state index is 0.128. The van der Waals surface area contributed by atoms with Crippen LogP contribution in [0.2, 0.25) is 0 Å². The molecule has 0 amide bonds. The molecule has 4 bridgehead atoms. The van der Waals surface area contributed by atoms with Gasteiger partial charge >= 0.3 is 0 Å². The first kappa shape index (κ1) is 33.0. The van der Waals surface area contributed by atoms with Crippen molar-refractivity contribution in [1.82, 2.24) is 0 Å². The molecule has 4 saturated carbocycles. The van der Waals surface area contributed by atoms with Gasteiger partial charge in [-0.2, -0.15) is 0 Å². The quantitative estimate of drug-likeness (QED) is 0.302. The Kier molecular flexibility index (Phi) is 8.75. The van der Waals surface area contributed by atoms with E-state index < -0.39 is 0 Å². The van der Waals surface area contributed by atoms with E-state index in [-0.39, 0.29) is 26.7 Å². The zero-order chi connectivity index (χ0) is 30.3. The van der Waals surface area contributed by atoms with Gasteiger partial charge in [-0.05, 0) is 122 Å². The second kappa shape index (κ2) is 10.6. The summed E-state index contributed by atoms with van der Waals surface area (Å²) in [5.74, 6) is 3.09. The van der Waals surface area contributed by atoms with Crippen LogP contribution in [0.1, 0.15) is 165 Å². The van der Waals surface area contributed by atoms with E-state index >= 15 is 0 Å². The summed E-state index contributed by atoms with van der Waals surface area (Å²) in [7, 11) is -0.322. The smallest absolute Gasteiger partial charge is 0.00604 e. The van der Waals surface area contributed by atoms with Crippen LogP contribution >= 0.6 is 15.8 Å². The summed E-state index contributed by atoms with van der Waals surface area (Å²) in [5.41, 5.74) is 6.93. The molecule has 40 heavy (non-hydrogen) atoms. The van der Waals surface area contributed by atoms with Gasteiger partial charge in [-0.1, -0.05) is 132 Å². The Morgan fingerprint density at radius 2 is 0.900 bits per heavy atom. The summed E-state index contributed by atoms with van der Waals surface area (Å²) < 4.78 is 0. The van der Waals surface area contributed by atoms with E-state index in [4.69, 9.17) is 0 Å². The van der Waals surface area contributed by atoms with Gasteiger partial charge < -0.3 is 0 Å². The fraction of sp³-hybridized carbons (Fsp3) is 0.842. The van der Waals surface area contributed by atoms with Crippen LogP contribution in [0.15, 0.2) is 12.1 Å². The van der Waals surface area contributed by atoms with Crippen LogP contribution in [0.5, 0.6) is 0 Å². The summed E-state index contributed by atoms with van der Waals surface area (Å²) in [5, 5.41) is 1.69. The van der Waals surface area contributed by atoms with Crippen LogP contribution in [0.4, 0.5) is 0 Å². The van der Waals surface area contributed by atoms with E-state index in [1.54, 1.807) is 60.8 Å². The maximum atomic E-state index is 2.76. The molecule has 1 aromatic rings. The Balaban J connectivity index is 1.88. The summed E-state index contributed by atoms with van der Waals surface area (Å²) in [6.07, 6.45) is 11.9. The van der Waals surface area contributed by atoms with E-state index in [1.165, 1.54) is 12.3 Å². The molecule has 5 rings (SSSR count). The van der Waals surface area contributed by atoms with Crippen molar-refractivity contribution in [3.05, 3.63) is 34.4 Å². The lowest BCUT2D eigenvalue weighted by molar-refractivity contribution is 0.0347. The number of hydrogen-bond acceptors (Lipinski definition) is 0. The molecule has 1 atom stereocenters. The Labute approximate surface area is 253 Å². The first-order valence-corrected chi connectivity index (χ1v) is 19.7. The van der Waals surface area contributed by atoms with Gasteiger partial charge in [0.2, 0.25) is 0 Å². The molecule has 4 fully saturated rings. The van der Waals surface area contributed by atoms with Gasteiger partial charge in [0, 0.05) is 0 Å². The van der Waals surface area contributed by atoms with Gasteiger partial charge in [0.15, 0.2) is 0 Å². The average Bonchev–Trinajstić information content (AvgIpc) is 2.70. The molecule has 0 heterocycles. The van der Waals surface area contributed by atoms with Crippen molar-refractivity contribution < 1.29 is 0 Å². The third-order valence-corrected chi connectivity index (χ3v) is 18.5. The van der Waals surface area contributed by atoms with Crippen LogP contribution in [0.3, 0.4) is 0 Å². The van der Waals surface area contributed by atoms with Crippen LogP contribution in [-0.4, -0.2) is 20.6 Å². The number of rotatable bonds is 5. The lowest BCUT2D eigenvalue weighted by Gasteiger charge is -2.62. The zero-order valence-electron chi connectivity index (χ0n) is 29.4. The van der Waals surface area contributed by atoms with E-state index in [0.717, 1.165) is 17.8 Å². The van der Waals surface area contributed by atoms with Crippen molar-refractivity contribution in [3.63, 3.8) is 0 Å². The third-order valence-electron chi connectivity index (χ3n) is 10.6. The number of benzene rings is 1. The standard InChI is InChI=1S/C38H66P2/c1-33(2,3)31-19-29(24-39(35(7,8)9)36(10,11)12)30(20-32(31)34(4,5)6)25-40(37(13,14)15)38-21-26-16-27(22-38)18-28(17-26)23-38/h19-20,26-28H,16-18,21-25H2,1-15H3. The minimum atomic E-state index is -0.194. The van der Waals surface area contributed by atoms with Crippen molar-refractivity contribution in [1.29, 1.82) is 0 Å². The summed E-state index contributed by atoms with van der Waals surface area (Å²) >= 11 is 0. The Bertz CT molecular complexity index is 1010. The first-order chi connectivity index (χ1) is 17.9. The topological polar surface area (TPSA) is 0 Å². The molecular weight excluding hydrogens is 518 g/mol. The van der Waals surface area contributed by atoms with Gasteiger partial charge in [-0.3, -0.25) is 0 Å². The molecule has 4 aliphatic carbocycles. The van der Waals surface area contributed by atoms with Crippen molar-refractivity contribution in [2.24, 2.45) is 17.8 Å². The molecule has 2 heteroatoms. The molecule has 4 aliphatic rings. The van der Waals surface area contributed by atoms with Crippen molar-refractivity contribution in [2.75, 3.05) is 0 Å².